The molecule has 2 atom stereocenters. The van der Waals surface area contributed by atoms with Crippen LogP contribution in [0, 0.1) is 5.92 Å². The maximum absolute atomic E-state index is 11.8. The van der Waals surface area contributed by atoms with E-state index >= 15 is 0 Å². The van der Waals surface area contributed by atoms with Crippen molar-refractivity contribution in [3.63, 3.8) is 0 Å². The van der Waals surface area contributed by atoms with Crippen molar-refractivity contribution in [1.29, 1.82) is 0 Å². The van der Waals surface area contributed by atoms with Crippen LogP contribution in [0.5, 0.6) is 0 Å². The molecule has 2 fully saturated rings. The van der Waals surface area contributed by atoms with Crippen LogP contribution in [0.2, 0.25) is 0 Å². The summed E-state index contributed by atoms with van der Waals surface area (Å²) in [6, 6.07) is 0.159. The van der Waals surface area contributed by atoms with Crippen LogP contribution in [-0.4, -0.2) is 60.6 Å². The first kappa shape index (κ1) is 12.3. The molecule has 0 bridgehead atoms. The van der Waals surface area contributed by atoms with Crippen LogP contribution in [0.3, 0.4) is 0 Å². The van der Waals surface area contributed by atoms with Gasteiger partial charge in [0.25, 0.3) is 0 Å². The molecule has 0 radical (unpaired) electrons. The first-order valence-electron chi connectivity index (χ1n) is 6.03. The molecule has 6 nitrogen and oxygen atoms in total. The van der Waals surface area contributed by atoms with Crippen LogP contribution in [0.1, 0.15) is 13.3 Å². The largest absolute Gasteiger partial charge is 0.447 e. The average Bonchev–Trinajstić information content (AvgIpc) is 2.86. The molecule has 2 unspecified atom stereocenters. The van der Waals surface area contributed by atoms with Crippen molar-refractivity contribution in [2.24, 2.45) is 11.7 Å². The molecule has 2 aliphatic heterocycles. The number of carbonyl (C=O) groups is 2. The van der Waals surface area contributed by atoms with Gasteiger partial charge in [-0.3, -0.25) is 9.69 Å². The maximum atomic E-state index is 11.8. The summed E-state index contributed by atoms with van der Waals surface area (Å²) >= 11 is 0. The van der Waals surface area contributed by atoms with Crippen LogP contribution in [-0.2, 0) is 9.53 Å². The summed E-state index contributed by atoms with van der Waals surface area (Å²) in [6.45, 7) is 4.69. The Morgan fingerprint density at radius 1 is 1.59 bits per heavy atom. The second-order valence-electron chi connectivity index (χ2n) is 4.80. The van der Waals surface area contributed by atoms with E-state index in [9.17, 15) is 9.59 Å². The summed E-state index contributed by atoms with van der Waals surface area (Å²) in [4.78, 5) is 26.3. The zero-order chi connectivity index (χ0) is 12.4. The molecular formula is C11H19N3O3. The second kappa shape index (κ2) is 5.01. The number of cyclic esters (lactones) is 1. The zero-order valence-corrected chi connectivity index (χ0v) is 10.1. The lowest BCUT2D eigenvalue weighted by Crippen LogP contribution is -2.40. The number of imide groups is 1. The number of amides is 2. The van der Waals surface area contributed by atoms with Gasteiger partial charge in [-0.05, 0) is 25.8 Å². The predicted octanol–water partition coefficient (Wildman–Crippen LogP) is -0.366. The Labute approximate surface area is 101 Å². The van der Waals surface area contributed by atoms with Gasteiger partial charge in [0.2, 0.25) is 5.91 Å². The van der Waals surface area contributed by atoms with Gasteiger partial charge in [-0.2, -0.15) is 0 Å². The standard InChI is InChI=1S/C11H19N3O3/c1-8(12)9-2-3-13(6-9)7-10(15)14-4-5-17-11(14)16/h8-9H,2-7,12H2,1H3. The number of nitrogens with zero attached hydrogens (tertiary/aromatic N) is 2. The molecule has 2 amide bonds. The first-order chi connectivity index (χ1) is 8.08. The summed E-state index contributed by atoms with van der Waals surface area (Å²) in [7, 11) is 0. The summed E-state index contributed by atoms with van der Waals surface area (Å²) < 4.78 is 4.74. The molecule has 96 valence electrons. The Morgan fingerprint density at radius 2 is 2.35 bits per heavy atom. The van der Waals surface area contributed by atoms with E-state index in [1.807, 2.05) is 6.92 Å². The molecule has 2 saturated heterocycles. The third kappa shape index (κ3) is 2.76. The van der Waals surface area contributed by atoms with Gasteiger partial charge in [-0.25, -0.2) is 9.69 Å². The molecule has 2 N–H and O–H groups in total. The highest BCUT2D eigenvalue weighted by atomic mass is 16.6. The van der Waals surface area contributed by atoms with Crippen molar-refractivity contribution < 1.29 is 14.3 Å². The van der Waals surface area contributed by atoms with Crippen LogP contribution in [0.15, 0.2) is 0 Å². The highest BCUT2D eigenvalue weighted by molar-refractivity contribution is 5.94. The van der Waals surface area contributed by atoms with Crippen LogP contribution < -0.4 is 5.73 Å². The van der Waals surface area contributed by atoms with Crippen molar-refractivity contribution in [1.82, 2.24) is 9.80 Å². The lowest BCUT2D eigenvalue weighted by Gasteiger charge is -2.19. The van der Waals surface area contributed by atoms with Gasteiger partial charge >= 0.3 is 6.09 Å². The number of rotatable bonds is 3. The molecule has 6 heteroatoms. The predicted molar refractivity (Wildman–Crippen MR) is 61.3 cm³/mol. The van der Waals surface area contributed by atoms with Crippen molar-refractivity contribution in [3.05, 3.63) is 0 Å². The Morgan fingerprint density at radius 3 is 2.88 bits per heavy atom. The Kier molecular flexibility index (Phi) is 3.63. The molecule has 17 heavy (non-hydrogen) atoms. The molecule has 2 heterocycles. The highest BCUT2D eigenvalue weighted by Gasteiger charge is 2.32. The third-order valence-corrected chi connectivity index (χ3v) is 3.47. The Hall–Kier alpha value is -1.14. The molecule has 0 aliphatic carbocycles. The van der Waals surface area contributed by atoms with Gasteiger partial charge in [0.1, 0.15) is 6.61 Å². The molecule has 2 aliphatic rings. The number of likely N-dealkylation sites (tertiary alicyclic amines) is 1. The van der Waals surface area contributed by atoms with E-state index in [1.165, 1.54) is 4.90 Å². The van der Waals surface area contributed by atoms with E-state index < -0.39 is 6.09 Å². The summed E-state index contributed by atoms with van der Waals surface area (Å²) in [6.07, 6.45) is 0.507. The normalized spacial score (nSPS) is 27.3. The topological polar surface area (TPSA) is 75.9 Å². The minimum absolute atomic E-state index is 0.159. The molecule has 0 saturated carbocycles. The van der Waals surface area contributed by atoms with Crippen LogP contribution in [0.25, 0.3) is 0 Å². The van der Waals surface area contributed by atoms with E-state index in [-0.39, 0.29) is 11.9 Å². The summed E-state index contributed by atoms with van der Waals surface area (Å²) in [5.41, 5.74) is 5.84. The van der Waals surface area contributed by atoms with E-state index in [0.717, 1.165) is 19.5 Å². The molecular weight excluding hydrogens is 222 g/mol. The number of hydrogen-bond acceptors (Lipinski definition) is 5. The minimum Gasteiger partial charge on any atom is -0.447 e. The van der Waals surface area contributed by atoms with Gasteiger partial charge in [0, 0.05) is 12.6 Å². The first-order valence-corrected chi connectivity index (χ1v) is 6.03. The summed E-state index contributed by atoms with van der Waals surface area (Å²) in [5.74, 6) is 0.283. The smallest absolute Gasteiger partial charge is 0.416 e. The Balaban J connectivity index is 1.82. The van der Waals surface area contributed by atoms with Gasteiger partial charge in [-0.1, -0.05) is 0 Å². The lowest BCUT2D eigenvalue weighted by molar-refractivity contribution is -0.128. The lowest BCUT2D eigenvalue weighted by atomic mass is 10.0. The SMILES string of the molecule is CC(N)C1CCN(CC(=O)N2CCOC2=O)C1. The summed E-state index contributed by atoms with van der Waals surface area (Å²) in [5, 5.41) is 0. The average molecular weight is 241 g/mol. The van der Waals surface area contributed by atoms with E-state index in [1.54, 1.807) is 0 Å². The number of ether oxygens (including phenoxy) is 1. The van der Waals surface area contributed by atoms with Gasteiger partial charge in [0.15, 0.2) is 0 Å². The van der Waals surface area contributed by atoms with Gasteiger partial charge < -0.3 is 10.5 Å². The fourth-order valence-electron chi connectivity index (χ4n) is 2.33. The molecule has 0 spiro atoms. The van der Waals surface area contributed by atoms with Crippen molar-refractivity contribution in [3.8, 4) is 0 Å². The third-order valence-electron chi connectivity index (χ3n) is 3.47. The van der Waals surface area contributed by atoms with Crippen LogP contribution >= 0.6 is 0 Å². The van der Waals surface area contributed by atoms with Crippen LogP contribution in [0.4, 0.5) is 4.79 Å². The molecule has 0 aromatic carbocycles. The second-order valence-corrected chi connectivity index (χ2v) is 4.80. The molecule has 0 aromatic heterocycles. The quantitative estimate of drug-likeness (QED) is 0.730. The Bertz CT molecular complexity index is 319. The van der Waals surface area contributed by atoms with Crippen molar-refractivity contribution in [2.75, 3.05) is 32.8 Å². The molecule has 0 aromatic rings. The van der Waals surface area contributed by atoms with Crippen molar-refractivity contribution in [2.45, 2.75) is 19.4 Å². The van der Waals surface area contributed by atoms with Crippen molar-refractivity contribution >= 4 is 12.0 Å². The number of hydrogen-bond donors (Lipinski definition) is 1. The highest BCUT2D eigenvalue weighted by Crippen LogP contribution is 2.18. The van der Waals surface area contributed by atoms with E-state index in [2.05, 4.69) is 4.90 Å². The maximum Gasteiger partial charge on any atom is 0.416 e. The minimum atomic E-state index is -0.516. The van der Waals surface area contributed by atoms with Gasteiger partial charge in [-0.15, -0.1) is 0 Å². The van der Waals surface area contributed by atoms with Gasteiger partial charge in [0.05, 0.1) is 13.1 Å². The molecule has 2 rings (SSSR count). The monoisotopic (exact) mass is 241 g/mol. The van der Waals surface area contributed by atoms with E-state index in [0.29, 0.717) is 25.6 Å². The number of carbonyl (C=O) groups excluding carboxylic acids is 2. The number of nitrogens with two attached hydrogens (primary N) is 1. The fraction of sp³-hybridized carbons (Fsp3) is 0.818. The fourth-order valence-corrected chi connectivity index (χ4v) is 2.33. The zero-order valence-electron chi connectivity index (χ0n) is 10.1. The van der Waals surface area contributed by atoms with E-state index in [4.69, 9.17) is 10.5 Å².